The molecule has 1 aliphatic rings. The SMILES string of the molecule is CCCCCCCCOC(CCC(=O)OCC(CO)COC(=O)NC1CCN(CC)C1)OCCCCCCCC. The molecule has 2 N–H and O–H groups in total. The molecule has 1 saturated heterocycles. The van der Waals surface area contributed by atoms with E-state index in [-0.39, 0.29) is 38.3 Å². The van der Waals surface area contributed by atoms with Gasteiger partial charge in [0.25, 0.3) is 0 Å². The van der Waals surface area contributed by atoms with E-state index in [9.17, 15) is 14.7 Å². The maximum Gasteiger partial charge on any atom is 0.407 e. The van der Waals surface area contributed by atoms with Gasteiger partial charge in [-0.1, -0.05) is 85.0 Å². The third kappa shape index (κ3) is 19.6. The van der Waals surface area contributed by atoms with E-state index >= 15 is 0 Å². The normalized spacial score (nSPS) is 16.4. The van der Waals surface area contributed by atoms with Crippen LogP contribution in [-0.4, -0.2) is 87.1 Å². The number of aliphatic hydroxyl groups is 1. The largest absolute Gasteiger partial charge is 0.465 e. The number of ether oxygens (including phenoxy) is 4. The number of amides is 1. The van der Waals surface area contributed by atoms with Crippen molar-refractivity contribution in [2.45, 2.75) is 129 Å². The predicted molar refractivity (Wildman–Crippen MR) is 158 cm³/mol. The number of hydrogen-bond acceptors (Lipinski definition) is 8. The topological polar surface area (TPSA) is 107 Å². The summed E-state index contributed by atoms with van der Waals surface area (Å²) in [5, 5.41) is 12.5. The molecule has 0 saturated carbocycles. The number of likely N-dealkylation sites (tertiary alicyclic amines) is 1. The summed E-state index contributed by atoms with van der Waals surface area (Å²) in [6.07, 6.45) is 14.9. The van der Waals surface area contributed by atoms with Gasteiger partial charge in [0.15, 0.2) is 6.29 Å². The highest BCUT2D eigenvalue weighted by Gasteiger charge is 2.24. The number of hydrogen-bond donors (Lipinski definition) is 2. The lowest BCUT2D eigenvalue weighted by Crippen LogP contribution is -2.38. The van der Waals surface area contributed by atoms with Gasteiger partial charge in [-0.2, -0.15) is 0 Å². The molecular formula is C31H60N2O7. The van der Waals surface area contributed by atoms with Gasteiger partial charge >= 0.3 is 12.1 Å². The predicted octanol–water partition coefficient (Wildman–Crippen LogP) is 5.82. The Morgan fingerprint density at radius 3 is 1.98 bits per heavy atom. The van der Waals surface area contributed by atoms with Crippen LogP contribution in [-0.2, 0) is 23.7 Å². The van der Waals surface area contributed by atoms with Crippen LogP contribution in [0.5, 0.6) is 0 Å². The van der Waals surface area contributed by atoms with Crippen LogP contribution in [0.15, 0.2) is 0 Å². The molecule has 2 atom stereocenters. The van der Waals surface area contributed by atoms with Crippen molar-refractivity contribution < 1.29 is 33.6 Å². The number of esters is 1. The lowest BCUT2D eigenvalue weighted by atomic mass is 10.1. The first kappa shape index (κ1) is 36.6. The van der Waals surface area contributed by atoms with Crippen LogP contribution in [0, 0.1) is 5.92 Å². The Morgan fingerprint density at radius 2 is 1.43 bits per heavy atom. The average Bonchev–Trinajstić information content (AvgIpc) is 3.41. The Morgan fingerprint density at radius 1 is 0.850 bits per heavy atom. The molecule has 0 aromatic heterocycles. The molecule has 1 heterocycles. The number of alkyl carbamates (subject to hydrolysis) is 1. The Hall–Kier alpha value is -1.42. The molecule has 1 amide bonds. The standard InChI is InChI=1S/C31H60N2O7/c1-4-7-9-11-13-15-21-37-30(38-22-16-14-12-10-8-5-2)18-17-29(35)39-25-27(24-34)26-40-31(36)32-28-19-20-33(6-3)23-28/h27-28,30,34H,4-26H2,1-3H3,(H,32,36). The molecular weight excluding hydrogens is 512 g/mol. The zero-order valence-electron chi connectivity index (χ0n) is 25.8. The third-order valence-corrected chi connectivity index (χ3v) is 7.42. The van der Waals surface area contributed by atoms with Gasteiger partial charge in [0.05, 0.1) is 25.6 Å². The molecule has 0 aliphatic carbocycles. The van der Waals surface area contributed by atoms with Crippen LogP contribution in [0.25, 0.3) is 0 Å². The second kappa shape index (κ2) is 25.3. The summed E-state index contributed by atoms with van der Waals surface area (Å²) < 4.78 is 22.6. The minimum atomic E-state index is -0.499. The number of nitrogens with one attached hydrogen (secondary N) is 1. The minimum Gasteiger partial charge on any atom is -0.465 e. The number of rotatable bonds is 26. The van der Waals surface area contributed by atoms with Gasteiger partial charge < -0.3 is 34.3 Å². The van der Waals surface area contributed by atoms with Crippen LogP contribution < -0.4 is 5.32 Å². The molecule has 236 valence electrons. The first-order chi connectivity index (χ1) is 19.5. The molecule has 0 aromatic carbocycles. The number of carbonyl (C=O) groups is 2. The Balaban J connectivity index is 2.30. The number of nitrogens with zero attached hydrogens (tertiary/aromatic N) is 1. The van der Waals surface area contributed by atoms with Crippen LogP contribution >= 0.6 is 0 Å². The van der Waals surface area contributed by atoms with Gasteiger partial charge in [0.2, 0.25) is 0 Å². The van der Waals surface area contributed by atoms with E-state index in [1.807, 2.05) is 0 Å². The van der Waals surface area contributed by atoms with Gasteiger partial charge in [-0.15, -0.1) is 0 Å². The van der Waals surface area contributed by atoms with E-state index < -0.39 is 18.3 Å². The van der Waals surface area contributed by atoms with E-state index in [0.29, 0.717) is 19.6 Å². The molecule has 9 heteroatoms. The Bertz CT molecular complexity index is 604. The second-order valence-corrected chi connectivity index (χ2v) is 11.1. The summed E-state index contributed by atoms with van der Waals surface area (Å²) in [6, 6.07) is 0.0809. The molecule has 1 fully saturated rings. The zero-order chi connectivity index (χ0) is 29.3. The molecule has 0 spiro atoms. The first-order valence-electron chi connectivity index (χ1n) is 16.2. The van der Waals surface area contributed by atoms with Crippen molar-refractivity contribution in [3.05, 3.63) is 0 Å². The molecule has 0 aromatic rings. The molecule has 2 unspecified atom stereocenters. The Labute approximate surface area is 244 Å². The van der Waals surface area contributed by atoms with Crippen molar-refractivity contribution in [3.8, 4) is 0 Å². The fourth-order valence-electron chi connectivity index (χ4n) is 4.72. The summed E-state index contributed by atoms with van der Waals surface area (Å²) in [5.74, 6) is -0.834. The first-order valence-corrected chi connectivity index (χ1v) is 16.2. The minimum absolute atomic E-state index is 0.00243. The van der Waals surface area contributed by atoms with Gasteiger partial charge in [0, 0.05) is 38.8 Å². The number of likely N-dealkylation sites (N-methyl/N-ethyl adjacent to an activating group) is 1. The number of carbonyl (C=O) groups excluding carboxylic acids is 2. The number of aliphatic hydroxyl groups excluding tert-OH is 1. The van der Waals surface area contributed by atoms with Crippen molar-refractivity contribution >= 4 is 12.1 Å². The Kier molecular flexibility index (Phi) is 23.2. The van der Waals surface area contributed by atoms with Gasteiger partial charge in [-0.25, -0.2) is 4.79 Å². The molecule has 1 rings (SSSR count). The van der Waals surface area contributed by atoms with Crippen LogP contribution in [0.3, 0.4) is 0 Å². The molecule has 0 bridgehead atoms. The van der Waals surface area contributed by atoms with E-state index in [2.05, 4.69) is 31.0 Å². The van der Waals surface area contributed by atoms with Crippen molar-refractivity contribution in [2.75, 3.05) is 52.7 Å². The fraction of sp³-hybridized carbons (Fsp3) is 0.935. The monoisotopic (exact) mass is 572 g/mol. The fourth-order valence-corrected chi connectivity index (χ4v) is 4.72. The molecule has 9 nitrogen and oxygen atoms in total. The highest BCUT2D eigenvalue weighted by molar-refractivity contribution is 5.69. The number of unbranched alkanes of at least 4 members (excludes halogenated alkanes) is 10. The summed E-state index contributed by atoms with van der Waals surface area (Å²) in [7, 11) is 0. The van der Waals surface area contributed by atoms with Crippen molar-refractivity contribution in [3.63, 3.8) is 0 Å². The summed E-state index contributed by atoms with van der Waals surface area (Å²) in [5.41, 5.74) is 0. The van der Waals surface area contributed by atoms with Gasteiger partial charge in [-0.3, -0.25) is 4.79 Å². The highest BCUT2D eigenvalue weighted by atomic mass is 16.7. The lowest BCUT2D eigenvalue weighted by Gasteiger charge is -2.19. The smallest absolute Gasteiger partial charge is 0.407 e. The van der Waals surface area contributed by atoms with Crippen molar-refractivity contribution in [1.82, 2.24) is 10.2 Å². The molecule has 40 heavy (non-hydrogen) atoms. The summed E-state index contributed by atoms with van der Waals surface area (Å²) >= 11 is 0. The highest BCUT2D eigenvalue weighted by Crippen LogP contribution is 2.13. The maximum atomic E-state index is 12.4. The molecule has 0 radical (unpaired) electrons. The third-order valence-electron chi connectivity index (χ3n) is 7.42. The van der Waals surface area contributed by atoms with Gasteiger partial charge in [0.1, 0.15) is 6.61 Å². The average molecular weight is 573 g/mol. The van der Waals surface area contributed by atoms with Crippen molar-refractivity contribution in [1.29, 1.82) is 0 Å². The zero-order valence-corrected chi connectivity index (χ0v) is 25.8. The quantitative estimate of drug-likeness (QED) is 0.0759. The van der Waals surface area contributed by atoms with E-state index in [1.54, 1.807) is 0 Å². The van der Waals surface area contributed by atoms with E-state index in [1.165, 1.54) is 51.4 Å². The summed E-state index contributed by atoms with van der Waals surface area (Å²) in [4.78, 5) is 26.8. The van der Waals surface area contributed by atoms with E-state index in [4.69, 9.17) is 18.9 Å². The lowest BCUT2D eigenvalue weighted by molar-refractivity contribution is -0.160. The van der Waals surface area contributed by atoms with Crippen LogP contribution in [0.1, 0.15) is 117 Å². The van der Waals surface area contributed by atoms with E-state index in [0.717, 1.165) is 51.7 Å². The second-order valence-electron chi connectivity index (χ2n) is 11.1. The van der Waals surface area contributed by atoms with Crippen LogP contribution in [0.2, 0.25) is 0 Å². The molecule has 1 aliphatic heterocycles. The summed E-state index contributed by atoms with van der Waals surface area (Å²) in [6.45, 7) is 10.3. The van der Waals surface area contributed by atoms with Gasteiger partial charge in [-0.05, 0) is 25.8 Å². The maximum absolute atomic E-state index is 12.4. The van der Waals surface area contributed by atoms with Crippen LogP contribution in [0.4, 0.5) is 4.79 Å². The van der Waals surface area contributed by atoms with Crippen molar-refractivity contribution in [2.24, 2.45) is 5.92 Å².